The normalized spacial score (nSPS) is 52.9. The summed E-state index contributed by atoms with van der Waals surface area (Å²) in [6.45, 7) is 0. The van der Waals surface area contributed by atoms with Gasteiger partial charge in [-0.25, -0.2) is 0 Å². The molecule has 0 aromatic heterocycles. The summed E-state index contributed by atoms with van der Waals surface area (Å²) in [5.41, 5.74) is 5.69. The summed E-state index contributed by atoms with van der Waals surface area (Å²) in [5.74, 6) is 0. The zero-order valence-corrected chi connectivity index (χ0v) is 4.84. The van der Waals surface area contributed by atoms with E-state index in [2.05, 4.69) is 0 Å². The molecule has 0 saturated carbocycles. The van der Waals surface area contributed by atoms with Gasteiger partial charge in [0.2, 0.25) is 0 Å². The van der Waals surface area contributed by atoms with Gasteiger partial charge in [-0.2, -0.15) is 0 Å². The maximum atomic E-state index is 5.69. The van der Waals surface area contributed by atoms with Crippen molar-refractivity contribution in [2.75, 3.05) is 0 Å². The fourth-order valence-corrected chi connectivity index (χ4v) is 1.68. The molecule has 0 spiro atoms. The first-order chi connectivity index (χ1) is 3.86. The second-order valence-electron chi connectivity index (χ2n) is 2.77. The molecular formula is C6H11NO. The van der Waals surface area contributed by atoms with Gasteiger partial charge in [-0.15, -0.1) is 0 Å². The third-order valence-electron chi connectivity index (χ3n) is 2.15. The second kappa shape index (κ2) is 1.45. The van der Waals surface area contributed by atoms with Crippen LogP contribution in [0.3, 0.4) is 0 Å². The lowest BCUT2D eigenvalue weighted by atomic mass is 9.97. The van der Waals surface area contributed by atoms with Crippen molar-refractivity contribution in [3.8, 4) is 0 Å². The molecular weight excluding hydrogens is 102 g/mol. The van der Waals surface area contributed by atoms with E-state index in [1.54, 1.807) is 0 Å². The van der Waals surface area contributed by atoms with Crippen molar-refractivity contribution in [2.24, 2.45) is 5.73 Å². The minimum atomic E-state index is 0.355. The van der Waals surface area contributed by atoms with Crippen molar-refractivity contribution < 1.29 is 4.74 Å². The summed E-state index contributed by atoms with van der Waals surface area (Å²) < 4.78 is 5.46. The third kappa shape index (κ3) is 0.501. The Hall–Kier alpha value is -0.0800. The molecule has 2 aliphatic rings. The molecule has 0 amide bonds. The van der Waals surface area contributed by atoms with Crippen LogP contribution in [-0.2, 0) is 4.74 Å². The van der Waals surface area contributed by atoms with E-state index in [0.717, 1.165) is 6.42 Å². The first-order valence-corrected chi connectivity index (χ1v) is 3.27. The molecule has 2 N–H and O–H groups in total. The minimum Gasteiger partial charge on any atom is -0.373 e. The molecule has 2 nitrogen and oxygen atoms in total. The predicted molar refractivity (Wildman–Crippen MR) is 30.5 cm³/mol. The van der Waals surface area contributed by atoms with Crippen LogP contribution in [0.1, 0.15) is 19.3 Å². The number of hydrogen-bond donors (Lipinski definition) is 1. The zero-order valence-electron chi connectivity index (χ0n) is 4.84. The van der Waals surface area contributed by atoms with Gasteiger partial charge < -0.3 is 10.5 Å². The van der Waals surface area contributed by atoms with Crippen LogP contribution in [0, 0.1) is 0 Å². The van der Waals surface area contributed by atoms with Gasteiger partial charge in [-0.3, -0.25) is 0 Å². The zero-order chi connectivity index (χ0) is 5.56. The van der Waals surface area contributed by atoms with E-state index in [1.807, 2.05) is 0 Å². The van der Waals surface area contributed by atoms with Crippen LogP contribution in [-0.4, -0.2) is 18.2 Å². The number of fused-ring (bicyclic) bond motifs is 2. The predicted octanol–water partition coefficient (Wildman–Crippen LogP) is 0.265. The summed E-state index contributed by atoms with van der Waals surface area (Å²) in [4.78, 5) is 0. The monoisotopic (exact) mass is 113 g/mol. The Morgan fingerprint density at radius 1 is 1.38 bits per heavy atom. The van der Waals surface area contributed by atoms with E-state index < -0.39 is 0 Å². The SMILES string of the molecule is N[C@H]1C[C@@H]2CC[C@@H]1O2. The fraction of sp³-hybridized carbons (Fsp3) is 1.00. The molecule has 0 aromatic rings. The summed E-state index contributed by atoms with van der Waals surface area (Å²) in [5, 5.41) is 0. The molecule has 2 aliphatic heterocycles. The molecule has 0 radical (unpaired) electrons. The average molecular weight is 113 g/mol. The Kier molecular flexibility index (Phi) is 0.866. The van der Waals surface area contributed by atoms with Gasteiger partial charge in [0.05, 0.1) is 12.2 Å². The quantitative estimate of drug-likeness (QED) is 0.489. The van der Waals surface area contributed by atoms with Gasteiger partial charge in [0, 0.05) is 6.04 Å². The Labute approximate surface area is 49.0 Å². The van der Waals surface area contributed by atoms with Crippen molar-refractivity contribution in [1.82, 2.24) is 0 Å². The average Bonchev–Trinajstić information content (AvgIpc) is 2.23. The first kappa shape index (κ1) is 4.77. The van der Waals surface area contributed by atoms with Crippen LogP contribution >= 0.6 is 0 Å². The molecule has 0 aliphatic carbocycles. The standard InChI is InChI=1S/C6H11NO/c7-5-3-4-1-2-6(5)8-4/h4-6H,1-3,7H2/t4-,5-,6-/m0/s1. The van der Waals surface area contributed by atoms with E-state index in [0.29, 0.717) is 18.2 Å². The molecule has 46 valence electrons. The highest BCUT2D eigenvalue weighted by Gasteiger charge is 2.38. The highest BCUT2D eigenvalue weighted by atomic mass is 16.5. The molecule has 0 aromatic carbocycles. The maximum absolute atomic E-state index is 5.69. The molecule has 0 unspecified atom stereocenters. The summed E-state index contributed by atoms with van der Waals surface area (Å²) >= 11 is 0. The molecule has 3 atom stereocenters. The highest BCUT2D eigenvalue weighted by molar-refractivity contribution is 4.91. The Morgan fingerprint density at radius 2 is 2.25 bits per heavy atom. The topological polar surface area (TPSA) is 35.2 Å². The Balaban J connectivity index is 2.11. The summed E-state index contributed by atoms with van der Waals surface area (Å²) in [6, 6.07) is 0.355. The Bertz CT molecular complexity index is 103. The summed E-state index contributed by atoms with van der Waals surface area (Å²) in [6.07, 6.45) is 4.49. The first-order valence-electron chi connectivity index (χ1n) is 3.27. The van der Waals surface area contributed by atoms with Gasteiger partial charge in [0.1, 0.15) is 0 Å². The van der Waals surface area contributed by atoms with Crippen LogP contribution in [0.4, 0.5) is 0 Å². The van der Waals surface area contributed by atoms with E-state index in [1.165, 1.54) is 12.8 Å². The van der Waals surface area contributed by atoms with Gasteiger partial charge in [0.25, 0.3) is 0 Å². The number of ether oxygens (including phenoxy) is 1. The van der Waals surface area contributed by atoms with Crippen molar-refractivity contribution in [1.29, 1.82) is 0 Å². The van der Waals surface area contributed by atoms with Gasteiger partial charge in [-0.1, -0.05) is 0 Å². The minimum absolute atomic E-state index is 0.355. The smallest absolute Gasteiger partial charge is 0.0731 e. The van der Waals surface area contributed by atoms with Crippen LogP contribution in [0.25, 0.3) is 0 Å². The second-order valence-corrected chi connectivity index (χ2v) is 2.77. The molecule has 8 heavy (non-hydrogen) atoms. The van der Waals surface area contributed by atoms with E-state index in [9.17, 15) is 0 Å². The Morgan fingerprint density at radius 3 is 2.50 bits per heavy atom. The highest BCUT2D eigenvalue weighted by Crippen LogP contribution is 2.32. The van der Waals surface area contributed by atoms with Crippen LogP contribution in [0.15, 0.2) is 0 Å². The van der Waals surface area contributed by atoms with Crippen molar-refractivity contribution >= 4 is 0 Å². The van der Waals surface area contributed by atoms with E-state index >= 15 is 0 Å². The maximum Gasteiger partial charge on any atom is 0.0731 e. The molecule has 2 rings (SSSR count). The van der Waals surface area contributed by atoms with Gasteiger partial charge in [0.15, 0.2) is 0 Å². The summed E-state index contributed by atoms with van der Waals surface area (Å²) in [7, 11) is 0. The van der Waals surface area contributed by atoms with E-state index in [4.69, 9.17) is 10.5 Å². The van der Waals surface area contributed by atoms with Crippen LogP contribution < -0.4 is 5.73 Å². The lowest BCUT2D eigenvalue weighted by Gasteiger charge is -2.11. The lowest BCUT2D eigenvalue weighted by Crippen LogP contribution is -2.30. The largest absolute Gasteiger partial charge is 0.373 e. The van der Waals surface area contributed by atoms with Crippen LogP contribution in [0.2, 0.25) is 0 Å². The fourth-order valence-electron chi connectivity index (χ4n) is 1.68. The molecule has 2 saturated heterocycles. The number of rotatable bonds is 0. The van der Waals surface area contributed by atoms with Crippen molar-refractivity contribution in [2.45, 2.75) is 37.5 Å². The molecule has 2 bridgehead atoms. The van der Waals surface area contributed by atoms with Gasteiger partial charge in [-0.05, 0) is 19.3 Å². The van der Waals surface area contributed by atoms with Crippen molar-refractivity contribution in [3.63, 3.8) is 0 Å². The molecule has 2 fully saturated rings. The molecule has 2 heterocycles. The van der Waals surface area contributed by atoms with Crippen molar-refractivity contribution in [3.05, 3.63) is 0 Å². The van der Waals surface area contributed by atoms with E-state index in [-0.39, 0.29) is 0 Å². The molecule has 2 heteroatoms. The van der Waals surface area contributed by atoms with Gasteiger partial charge >= 0.3 is 0 Å². The number of nitrogens with two attached hydrogens (primary N) is 1. The van der Waals surface area contributed by atoms with Crippen LogP contribution in [0.5, 0.6) is 0 Å². The lowest BCUT2D eigenvalue weighted by molar-refractivity contribution is 0.101. The number of hydrogen-bond acceptors (Lipinski definition) is 2. The third-order valence-corrected chi connectivity index (χ3v) is 2.15.